The number of para-hydroxylation sites is 1. The van der Waals surface area contributed by atoms with Gasteiger partial charge >= 0.3 is 5.63 Å². The minimum Gasteiger partial charge on any atom is -0.494 e. The van der Waals surface area contributed by atoms with E-state index in [1.807, 2.05) is 38.1 Å². The normalized spacial score (nSPS) is 10.6. The summed E-state index contributed by atoms with van der Waals surface area (Å²) in [5.41, 5.74) is 1.75. The molecule has 0 unspecified atom stereocenters. The quantitative estimate of drug-likeness (QED) is 0.724. The Morgan fingerprint density at radius 2 is 1.96 bits per heavy atom. The molecule has 0 aliphatic carbocycles. The molecule has 0 spiro atoms. The highest BCUT2D eigenvalue weighted by Gasteiger charge is 2.13. The lowest BCUT2D eigenvalue weighted by Gasteiger charge is -2.10. The molecule has 0 bridgehead atoms. The molecule has 2 aromatic carbocycles. The van der Waals surface area contributed by atoms with Crippen molar-refractivity contribution in [2.24, 2.45) is 0 Å². The van der Waals surface area contributed by atoms with Crippen molar-refractivity contribution in [1.82, 2.24) is 5.32 Å². The fourth-order valence-corrected chi connectivity index (χ4v) is 2.64. The minimum atomic E-state index is -0.640. The number of ether oxygens (including phenoxy) is 1. The molecular formula is C20H19NO4. The van der Waals surface area contributed by atoms with Crippen LogP contribution in [0.2, 0.25) is 0 Å². The van der Waals surface area contributed by atoms with Crippen molar-refractivity contribution in [3.8, 4) is 5.75 Å². The Morgan fingerprint density at radius 3 is 2.72 bits per heavy atom. The molecular weight excluding hydrogens is 318 g/mol. The molecule has 1 heterocycles. The molecule has 0 radical (unpaired) electrons. The number of benzene rings is 2. The van der Waals surface area contributed by atoms with Crippen molar-refractivity contribution in [3.63, 3.8) is 0 Å². The van der Waals surface area contributed by atoms with Crippen LogP contribution in [0.4, 0.5) is 0 Å². The molecule has 128 valence electrons. The van der Waals surface area contributed by atoms with Crippen LogP contribution < -0.4 is 15.7 Å². The molecule has 3 rings (SSSR count). The molecule has 1 N–H and O–H groups in total. The van der Waals surface area contributed by atoms with Gasteiger partial charge in [0.15, 0.2) is 0 Å². The predicted molar refractivity (Wildman–Crippen MR) is 96.0 cm³/mol. The standard InChI is InChI=1S/C20H19NO4/c1-3-24-17-9-8-14(10-13(17)2)12-21-19(22)16-11-15-6-4-5-7-18(15)25-20(16)23/h4-11H,3,12H2,1-2H3,(H,21,22). The molecule has 5 nitrogen and oxygen atoms in total. The zero-order chi connectivity index (χ0) is 17.8. The van der Waals surface area contributed by atoms with Gasteiger partial charge in [0.05, 0.1) is 6.61 Å². The van der Waals surface area contributed by atoms with Crippen LogP contribution in [-0.2, 0) is 6.54 Å². The monoisotopic (exact) mass is 337 g/mol. The van der Waals surface area contributed by atoms with Crippen molar-refractivity contribution in [2.75, 3.05) is 6.61 Å². The molecule has 0 saturated heterocycles. The molecule has 5 heteroatoms. The molecule has 25 heavy (non-hydrogen) atoms. The number of rotatable bonds is 5. The number of amides is 1. The number of nitrogens with one attached hydrogen (secondary N) is 1. The van der Waals surface area contributed by atoms with E-state index in [9.17, 15) is 9.59 Å². The van der Waals surface area contributed by atoms with E-state index in [1.54, 1.807) is 24.3 Å². The average molecular weight is 337 g/mol. The number of carbonyl (C=O) groups excluding carboxylic acids is 1. The third-order valence-corrected chi connectivity index (χ3v) is 3.88. The van der Waals surface area contributed by atoms with Gasteiger partial charge in [0.25, 0.3) is 5.91 Å². The van der Waals surface area contributed by atoms with Gasteiger partial charge in [-0.05, 0) is 43.2 Å². The summed E-state index contributed by atoms with van der Waals surface area (Å²) < 4.78 is 10.7. The van der Waals surface area contributed by atoms with E-state index < -0.39 is 11.5 Å². The van der Waals surface area contributed by atoms with E-state index in [1.165, 1.54) is 0 Å². The summed E-state index contributed by atoms with van der Waals surface area (Å²) in [6.07, 6.45) is 0. The summed E-state index contributed by atoms with van der Waals surface area (Å²) in [6, 6.07) is 14.4. The van der Waals surface area contributed by atoms with Crippen molar-refractivity contribution < 1.29 is 13.9 Å². The second kappa shape index (κ2) is 7.21. The van der Waals surface area contributed by atoms with Crippen LogP contribution in [0.1, 0.15) is 28.4 Å². The molecule has 1 aromatic heterocycles. The van der Waals surface area contributed by atoms with E-state index in [0.717, 1.165) is 16.9 Å². The van der Waals surface area contributed by atoms with Gasteiger partial charge in [-0.3, -0.25) is 4.79 Å². The van der Waals surface area contributed by atoms with E-state index in [2.05, 4.69) is 5.32 Å². The van der Waals surface area contributed by atoms with Gasteiger partial charge in [0.1, 0.15) is 16.9 Å². The van der Waals surface area contributed by atoms with Gasteiger partial charge in [0.2, 0.25) is 0 Å². The fourth-order valence-electron chi connectivity index (χ4n) is 2.64. The maximum Gasteiger partial charge on any atom is 0.349 e. The molecule has 0 saturated carbocycles. The summed E-state index contributed by atoms with van der Waals surface area (Å²) in [5, 5.41) is 3.47. The van der Waals surface area contributed by atoms with E-state index >= 15 is 0 Å². The first-order valence-corrected chi connectivity index (χ1v) is 8.12. The van der Waals surface area contributed by atoms with Gasteiger partial charge in [-0.25, -0.2) is 4.79 Å². The second-order valence-electron chi connectivity index (χ2n) is 5.70. The van der Waals surface area contributed by atoms with Crippen molar-refractivity contribution >= 4 is 16.9 Å². The smallest absolute Gasteiger partial charge is 0.349 e. The van der Waals surface area contributed by atoms with E-state index in [4.69, 9.17) is 9.15 Å². The lowest BCUT2D eigenvalue weighted by atomic mass is 10.1. The first-order chi connectivity index (χ1) is 12.1. The fraction of sp³-hybridized carbons (Fsp3) is 0.200. The second-order valence-corrected chi connectivity index (χ2v) is 5.70. The van der Waals surface area contributed by atoms with Crippen LogP contribution in [-0.4, -0.2) is 12.5 Å². The average Bonchev–Trinajstić information content (AvgIpc) is 2.61. The number of carbonyl (C=O) groups is 1. The zero-order valence-electron chi connectivity index (χ0n) is 14.2. The lowest BCUT2D eigenvalue weighted by Crippen LogP contribution is -2.27. The van der Waals surface area contributed by atoms with Gasteiger partial charge in [-0.1, -0.05) is 30.3 Å². The Balaban J connectivity index is 1.76. The summed E-state index contributed by atoms with van der Waals surface area (Å²) in [5.74, 6) is 0.374. The number of fused-ring (bicyclic) bond motifs is 1. The first kappa shape index (κ1) is 16.8. The van der Waals surface area contributed by atoms with Gasteiger partial charge < -0.3 is 14.5 Å². The van der Waals surface area contributed by atoms with Gasteiger partial charge in [-0.15, -0.1) is 0 Å². The van der Waals surface area contributed by atoms with Crippen LogP contribution in [0.15, 0.2) is 57.7 Å². The summed E-state index contributed by atoms with van der Waals surface area (Å²) in [4.78, 5) is 24.4. The van der Waals surface area contributed by atoms with E-state index in [-0.39, 0.29) is 5.56 Å². The van der Waals surface area contributed by atoms with Gasteiger partial charge in [0, 0.05) is 11.9 Å². The molecule has 0 aliphatic heterocycles. The van der Waals surface area contributed by atoms with Crippen LogP contribution in [0.5, 0.6) is 5.75 Å². The molecule has 0 atom stereocenters. The molecule has 0 fully saturated rings. The van der Waals surface area contributed by atoms with Crippen molar-refractivity contribution in [1.29, 1.82) is 0 Å². The molecule has 3 aromatic rings. The van der Waals surface area contributed by atoms with Gasteiger partial charge in [-0.2, -0.15) is 0 Å². The largest absolute Gasteiger partial charge is 0.494 e. The highest BCUT2D eigenvalue weighted by molar-refractivity contribution is 5.96. The minimum absolute atomic E-state index is 0.00126. The van der Waals surface area contributed by atoms with Crippen molar-refractivity contribution in [3.05, 3.63) is 75.6 Å². The number of hydrogen-bond acceptors (Lipinski definition) is 4. The summed E-state index contributed by atoms with van der Waals surface area (Å²) >= 11 is 0. The maximum absolute atomic E-state index is 12.3. The molecule has 0 aliphatic rings. The predicted octanol–water partition coefficient (Wildman–Crippen LogP) is 3.43. The number of aryl methyl sites for hydroxylation is 1. The third kappa shape index (κ3) is 3.71. The summed E-state index contributed by atoms with van der Waals surface area (Å²) in [7, 11) is 0. The van der Waals surface area contributed by atoms with Crippen LogP contribution in [0.25, 0.3) is 11.0 Å². The zero-order valence-corrected chi connectivity index (χ0v) is 14.2. The van der Waals surface area contributed by atoms with E-state index in [0.29, 0.717) is 24.1 Å². The first-order valence-electron chi connectivity index (χ1n) is 8.12. The number of hydrogen-bond donors (Lipinski definition) is 1. The summed E-state index contributed by atoms with van der Waals surface area (Å²) in [6.45, 7) is 4.81. The van der Waals surface area contributed by atoms with Crippen molar-refractivity contribution in [2.45, 2.75) is 20.4 Å². The Kier molecular flexibility index (Phi) is 4.84. The topological polar surface area (TPSA) is 68.5 Å². The highest BCUT2D eigenvalue weighted by atomic mass is 16.5. The third-order valence-electron chi connectivity index (χ3n) is 3.88. The SMILES string of the molecule is CCOc1ccc(CNC(=O)c2cc3ccccc3oc2=O)cc1C. The Labute approximate surface area is 145 Å². The van der Waals surface area contributed by atoms with Crippen LogP contribution in [0.3, 0.4) is 0 Å². The van der Waals surface area contributed by atoms with Crippen LogP contribution in [0, 0.1) is 6.92 Å². The van der Waals surface area contributed by atoms with Crippen LogP contribution >= 0.6 is 0 Å². The maximum atomic E-state index is 12.3. The Hall–Kier alpha value is -3.08. The highest BCUT2D eigenvalue weighted by Crippen LogP contribution is 2.19. The Morgan fingerprint density at radius 1 is 1.16 bits per heavy atom. The molecule has 1 amide bonds. The lowest BCUT2D eigenvalue weighted by molar-refractivity contribution is 0.0947. The Bertz CT molecular complexity index is 975.